The summed E-state index contributed by atoms with van der Waals surface area (Å²) in [4.78, 5) is 10.2. The zero-order valence-corrected chi connectivity index (χ0v) is 11.1. The molecule has 0 aliphatic carbocycles. The van der Waals surface area contributed by atoms with Gasteiger partial charge in [0.15, 0.2) is 5.79 Å². The Morgan fingerprint density at radius 3 is 2.50 bits per heavy atom. The highest BCUT2D eigenvalue weighted by Crippen LogP contribution is 2.25. The molecule has 1 aliphatic rings. The normalized spacial score (nSPS) is 24.4. The van der Waals surface area contributed by atoms with E-state index in [0.717, 1.165) is 12.9 Å². The number of carbonyl (C=O) groups excluding carboxylic acids is 1. The smallest absolute Gasteiger partial charge is 0.163 e. The van der Waals surface area contributed by atoms with Gasteiger partial charge in [-0.15, -0.1) is 11.6 Å². The number of rotatable bonds is 4. The average molecular weight is 253 g/mol. The molecule has 2 unspecified atom stereocenters. The lowest BCUT2D eigenvalue weighted by atomic mass is 10.2. The first-order valence-corrected chi connectivity index (χ1v) is 5.79. The molecule has 0 aromatic rings. The van der Waals surface area contributed by atoms with E-state index in [4.69, 9.17) is 21.1 Å². The van der Waals surface area contributed by atoms with Crippen LogP contribution in [0.1, 0.15) is 27.2 Å². The lowest BCUT2D eigenvalue weighted by molar-refractivity contribution is -0.139. The fourth-order valence-corrected chi connectivity index (χ4v) is 1.38. The second-order valence-corrected chi connectivity index (χ2v) is 4.48. The van der Waals surface area contributed by atoms with Gasteiger partial charge in [0.05, 0.1) is 18.1 Å². The van der Waals surface area contributed by atoms with Crippen molar-refractivity contribution in [3.05, 3.63) is 0 Å². The number of hydrogen-bond acceptors (Lipinski definition) is 4. The van der Waals surface area contributed by atoms with Gasteiger partial charge in [0, 0.05) is 13.7 Å². The lowest BCUT2D eigenvalue weighted by Crippen LogP contribution is -2.23. The van der Waals surface area contributed by atoms with Gasteiger partial charge in [-0.3, -0.25) is 0 Å². The third-order valence-corrected chi connectivity index (χ3v) is 2.27. The monoisotopic (exact) mass is 252 g/mol. The third-order valence-electron chi connectivity index (χ3n) is 1.99. The summed E-state index contributed by atoms with van der Waals surface area (Å²) in [5.74, 6) is -0.524. The van der Waals surface area contributed by atoms with Crippen molar-refractivity contribution in [2.45, 2.75) is 44.5 Å². The van der Waals surface area contributed by atoms with Crippen molar-refractivity contribution in [1.82, 2.24) is 0 Å². The maximum atomic E-state index is 10.2. The Hall–Kier alpha value is -0.160. The molecule has 0 saturated carbocycles. The summed E-state index contributed by atoms with van der Waals surface area (Å²) in [6.45, 7) is 6.98. The van der Waals surface area contributed by atoms with Gasteiger partial charge in [-0.2, -0.15) is 0 Å². The van der Waals surface area contributed by atoms with Gasteiger partial charge in [-0.25, -0.2) is 0 Å². The van der Waals surface area contributed by atoms with Gasteiger partial charge in [0.2, 0.25) is 0 Å². The molecule has 1 aliphatic heterocycles. The number of aldehydes is 1. The van der Waals surface area contributed by atoms with Crippen LogP contribution in [0.4, 0.5) is 0 Å². The van der Waals surface area contributed by atoms with Gasteiger partial charge in [0.1, 0.15) is 6.29 Å². The zero-order valence-electron chi connectivity index (χ0n) is 10.4. The third kappa shape index (κ3) is 7.17. The highest BCUT2D eigenvalue weighted by Gasteiger charge is 2.33. The van der Waals surface area contributed by atoms with Crippen LogP contribution < -0.4 is 0 Å². The summed E-state index contributed by atoms with van der Waals surface area (Å²) in [5, 5.41) is -0.465. The number of carbonyl (C=O) groups is 1. The summed E-state index contributed by atoms with van der Waals surface area (Å²) in [6.07, 6.45) is 1.19. The van der Waals surface area contributed by atoms with Crippen LogP contribution in [0.5, 0.6) is 0 Å². The van der Waals surface area contributed by atoms with Gasteiger partial charge in [0.25, 0.3) is 0 Å². The Balaban J connectivity index is 0.000000487. The number of methoxy groups -OCH3 is 1. The summed E-state index contributed by atoms with van der Waals surface area (Å²) < 4.78 is 15.3. The van der Waals surface area contributed by atoms with Crippen LogP contribution in [0.2, 0.25) is 0 Å². The van der Waals surface area contributed by atoms with E-state index in [-0.39, 0.29) is 6.10 Å². The van der Waals surface area contributed by atoms with Gasteiger partial charge in [-0.1, -0.05) is 0 Å². The Labute approximate surface area is 102 Å². The second kappa shape index (κ2) is 8.01. The Bertz CT molecular complexity index is 194. The van der Waals surface area contributed by atoms with Crippen molar-refractivity contribution in [1.29, 1.82) is 0 Å². The molecular weight excluding hydrogens is 232 g/mol. The first kappa shape index (κ1) is 15.8. The van der Waals surface area contributed by atoms with Crippen LogP contribution in [0, 0.1) is 0 Å². The van der Waals surface area contributed by atoms with Crippen LogP contribution in [0.25, 0.3) is 0 Å². The summed E-state index contributed by atoms with van der Waals surface area (Å²) >= 11 is 5.63. The summed E-state index contributed by atoms with van der Waals surface area (Å²) in [5.41, 5.74) is 0. The summed E-state index contributed by atoms with van der Waals surface area (Å²) in [7, 11) is 1.68. The SMILES string of the molecule is CC1(C)OCC(CC(Cl)C=O)O1.CCOC. The molecule has 5 heteroatoms. The summed E-state index contributed by atoms with van der Waals surface area (Å²) in [6, 6.07) is 0. The molecule has 96 valence electrons. The molecule has 1 saturated heterocycles. The molecule has 1 fully saturated rings. The van der Waals surface area contributed by atoms with E-state index in [9.17, 15) is 4.79 Å². The maximum Gasteiger partial charge on any atom is 0.163 e. The highest BCUT2D eigenvalue weighted by molar-refractivity contribution is 6.27. The van der Waals surface area contributed by atoms with Crippen molar-refractivity contribution >= 4 is 17.9 Å². The molecule has 0 N–H and O–H groups in total. The van der Waals surface area contributed by atoms with E-state index in [0.29, 0.717) is 13.0 Å². The topological polar surface area (TPSA) is 44.8 Å². The predicted molar refractivity (Wildman–Crippen MR) is 62.8 cm³/mol. The fraction of sp³-hybridized carbons (Fsp3) is 0.909. The van der Waals surface area contributed by atoms with Crippen molar-refractivity contribution in [2.24, 2.45) is 0 Å². The van der Waals surface area contributed by atoms with Crippen molar-refractivity contribution in [2.75, 3.05) is 20.3 Å². The van der Waals surface area contributed by atoms with Crippen LogP contribution >= 0.6 is 11.6 Å². The molecule has 1 heterocycles. The second-order valence-electron chi connectivity index (χ2n) is 3.92. The molecule has 2 atom stereocenters. The lowest BCUT2D eigenvalue weighted by Gasteiger charge is -2.17. The molecule has 0 aromatic heterocycles. The Kier molecular flexibility index (Phi) is 7.93. The van der Waals surface area contributed by atoms with Gasteiger partial charge in [-0.05, 0) is 27.2 Å². The minimum Gasteiger partial charge on any atom is -0.385 e. The van der Waals surface area contributed by atoms with Crippen LogP contribution in [-0.4, -0.2) is 43.9 Å². The van der Waals surface area contributed by atoms with E-state index in [1.807, 2.05) is 20.8 Å². The zero-order chi connectivity index (χ0) is 12.6. The van der Waals surface area contributed by atoms with Gasteiger partial charge >= 0.3 is 0 Å². The van der Waals surface area contributed by atoms with Crippen molar-refractivity contribution in [3.63, 3.8) is 0 Å². The van der Waals surface area contributed by atoms with E-state index >= 15 is 0 Å². The largest absolute Gasteiger partial charge is 0.385 e. The Morgan fingerprint density at radius 1 is 1.62 bits per heavy atom. The minimum absolute atomic E-state index is 0.0484. The predicted octanol–water partition coefficient (Wildman–Crippen LogP) is 1.99. The first-order chi connectivity index (χ1) is 7.45. The average Bonchev–Trinajstić information content (AvgIpc) is 2.58. The molecule has 0 bridgehead atoms. The highest BCUT2D eigenvalue weighted by atomic mass is 35.5. The molecule has 0 spiro atoms. The quantitative estimate of drug-likeness (QED) is 0.567. The number of hydrogen-bond donors (Lipinski definition) is 0. The van der Waals surface area contributed by atoms with Crippen LogP contribution in [0.15, 0.2) is 0 Å². The van der Waals surface area contributed by atoms with Crippen molar-refractivity contribution < 1.29 is 19.0 Å². The fourth-order valence-electron chi connectivity index (χ4n) is 1.19. The van der Waals surface area contributed by atoms with E-state index in [2.05, 4.69) is 4.74 Å². The molecular formula is C11H21ClO4. The first-order valence-electron chi connectivity index (χ1n) is 5.35. The van der Waals surface area contributed by atoms with Crippen LogP contribution in [0.3, 0.4) is 0 Å². The molecule has 4 nitrogen and oxygen atoms in total. The standard InChI is InChI=1S/C8H13ClO3.C3H8O/c1-8(2)11-5-7(12-8)3-6(9)4-10;1-3-4-2/h4,6-7H,3,5H2,1-2H3;3H2,1-2H3. The molecule has 16 heavy (non-hydrogen) atoms. The molecule has 1 rings (SSSR count). The van der Waals surface area contributed by atoms with Gasteiger partial charge < -0.3 is 19.0 Å². The number of halogens is 1. The maximum absolute atomic E-state index is 10.2. The molecule has 0 amide bonds. The van der Waals surface area contributed by atoms with E-state index < -0.39 is 11.2 Å². The number of ether oxygens (including phenoxy) is 3. The van der Waals surface area contributed by atoms with E-state index in [1.54, 1.807) is 7.11 Å². The van der Waals surface area contributed by atoms with Crippen molar-refractivity contribution in [3.8, 4) is 0 Å². The van der Waals surface area contributed by atoms with E-state index in [1.165, 1.54) is 0 Å². The Morgan fingerprint density at radius 2 is 2.19 bits per heavy atom. The number of alkyl halides is 1. The minimum atomic E-state index is -0.524. The molecule has 0 radical (unpaired) electrons. The molecule has 0 aromatic carbocycles. The van der Waals surface area contributed by atoms with Crippen LogP contribution in [-0.2, 0) is 19.0 Å².